The molecule has 1 aromatic rings. The van der Waals surface area contributed by atoms with Crippen LogP contribution in [0.1, 0.15) is 19.8 Å². The first-order valence-corrected chi connectivity index (χ1v) is 8.04. The highest BCUT2D eigenvalue weighted by Crippen LogP contribution is 2.34. The third-order valence-corrected chi connectivity index (χ3v) is 4.72. The van der Waals surface area contributed by atoms with Gasteiger partial charge in [0.05, 0.1) is 12.3 Å². The van der Waals surface area contributed by atoms with Gasteiger partial charge in [-0.05, 0) is 25.0 Å². The van der Waals surface area contributed by atoms with Crippen LogP contribution in [0.4, 0.5) is 5.69 Å². The normalized spacial score (nSPS) is 15.5. The van der Waals surface area contributed by atoms with Crippen molar-refractivity contribution in [3.05, 3.63) is 24.3 Å². The largest absolute Gasteiger partial charge is 0.395 e. The van der Waals surface area contributed by atoms with E-state index >= 15 is 0 Å². The standard InChI is InChI=1S/C13H20N2O3S/c1-2-14-19(17,18)13-6-4-3-5-12(13)15(9-10-16)11-7-8-11/h3-6,11,14,16H,2,7-10H2,1H3. The average Bonchev–Trinajstić information content (AvgIpc) is 3.20. The number of rotatable bonds is 7. The molecule has 0 saturated heterocycles. The molecule has 0 atom stereocenters. The van der Waals surface area contributed by atoms with Crippen LogP contribution in [0.3, 0.4) is 0 Å². The molecule has 0 spiro atoms. The Balaban J connectivity index is 2.39. The van der Waals surface area contributed by atoms with E-state index in [1.54, 1.807) is 25.1 Å². The Morgan fingerprint density at radius 2 is 2.05 bits per heavy atom. The number of aliphatic hydroxyl groups excluding tert-OH is 1. The predicted octanol–water partition coefficient (Wildman–Crippen LogP) is 0.946. The lowest BCUT2D eigenvalue weighted by molar-refractivity contribution is 0.301. The quantitative estimate of drug-likeness (QED) is 0.782. The molecule has 0 amide bonds. The van der Waals surface area contributed by atoms with Crippen LogP contribution in [0.5, 0.6) is 0 Å². The van der Waals surface area contributed by atoms with Gasteiger partial charge in [-0.1, -0.05) is 19.1 Å². The van der Waals surface area contributed by atoms with Crippen molar-refractivity contribution in [1.82, 2.24) is 4.72 Å². The van der Waals surface area contributed by atoms with Crippen molar-refractivity contribution >= 4 is 15.7 Å². The molecule has 5 nitrogen and oxygen atoms in total. The molecule has 1 aliphatic rings. The van der Waals surface area contributed by atoms with Crippen molar-refractivity contribution in [2.24, 2.45) is 0 Å². The molecule has 1 aromatic carbocycles. The summed E-state index contributed by atoms with van der Waals surface area (Å²) in [7, 11) is -3.48. The van der Waals surface area contributed by atoms with Crippen LogP contribution >= 0.6 is 0 Å². The SMILES string of the molecule is CCNS(=O)(=O)c1ccccc1N(CCO)C1CC1. The minimum absolute atomic E-state index is 0.0199. The Hall–Kier alpha value is -1.11. The third-order valence-electron chi connectivity index (χ3n) is 3.13. The van der Waals surface area contributed by atoms with Crippen molar-refractivity contribution in [2.75, 3.05) is 24.6 Å². The second-order valence-corrected chi connectivity index (χ2v) is 6.35. The Morgan fingerprint density at radius 3 is 2.63 bits per heavy atom. The van der Waals surface area contributed by atoms with Gasteiger partial charge in [0, 0.05) is 19.1 Å². The molecule has 2 N–H and O–H groups in total. The van der Waals surface area contributed by atoms with E-state index in [1.807, 2.05) is 11.0 Å². The van der Waals surface area contributed by atoms with E-state index in [-0.39, 0.29) is 11.5 Å². The fourth-order valence-corrected chi connectivity index (χ4v) is 3.44. The first kappa shape index (κ1) is 14.3. The fraction of sp³-hybridized carbons (Fsp3) is 0.538. The van der Waals surface area contributed by atoms with Gasteiger partial charge in [0.25, 0.3) is 0 Å². The highest BCUT2D eigenvalue weighted by molar-refractivity contribution is 7.89. The van der Waals surface area contributed by atoms with E-state index in [0.717, 1.165) is 12.8 Å². The summed E-state index contributed by atoms with van der Waals surface area (Å²) in [6.07, 6.45) is 2.10. The summed E-state index contributed by atoms with van der Waals surface area (Å²) >= 11 is 0. The van der Waals surface area contributed by atoms with Crippen molar-refractivity contribution in [2.45, 2.75) is 30.7 Å². The van der Waals surface area contributed by atoms with Gasteiger partial charge in [-0.15, -0.1) is 0 Å². The van der Waals surface area contributed by atoms with Gasteiger partial charge in [0.1, 0.15) is 4.90 Å². The number of benzene rings is 1. The Morgan fingerprint density at radius 1 is 1.37 bits per heavy atom. The van der Waals surface area contributed by atoms with Crippen LogP contribution in [0.2, 0.25) is 0 Å². The van der Waals surface area contributed by atoms with Crippen LogP contribution in [-0.4, -0.2) is 39.3 Å². The summed E-state index contributed by atoms with van der Waals surface area (Å²) < 4.78 is 26.9. The van der Waals surface area contributed by atoms with Crippen molar-refractivity contribution in [3.63, 3.8) is 0 Å². The topological polar surface area (TPSA) is 69.6 Å². The molecule has 0 aliphatic heterocycles. The smallest absolute Gasteiger partial charge is 0.242 e. The lowest BCUT2D eigenvalue weighted by Gasteiger charge is -2.26. The van der Waals surface area contributed by atoms with E-state index in [9.17, 15) is 8.42 Å². The number of hydrogen-bond donors (Lipinski definition) is 2. The van der Waals surface area contributed by atoms with Gasteiger partial charge in [0.2, 0.25) is 10.0 Å². The molecular formula is C13H20N2O3S. The fourth-order valence-electron chi connectivity index (χ4n) is 2.18. The molecule has 106 valence electrons. The number of aliphatic hydroxyl groups is 1. The average molecular weight is 284 g/mol. The summed E-state index contributed by atoms with van der Waals surface area (Å²) in [5.41, 5.74) is 0.681. The molecule has 1 saturated carbocycles. The number of nitrogens with zero attached hydrogens (tertiary/aromatic N) is 1. The highest BCUT2D eigenvalue weighted by Gasteiger charge is 2.32. The van der Waals surface area contributed by atoms with Gasteiger partial charge in [-0.25, -0.2) is 13.1 Å². The number of sulfonamides is 1. The van der Waals surface area contributed by atoms with Crippen molar-refractivity contribution in [1.29, 1.82) is 0 Å². The first-order chi connectivity index (χ1) is 9.10. The Bertz CT molecular complexity index is 526. The van der Waals surface area contributed by atoms with E-state index in [2.05, 4.69) is 4.72 Å². The Labute approximate surface area is 114 Å². The van der Waals surface area contributed by atoms with Crippen LogP contribution in [0.25, 0.3) is 0 Å². The minimum Gasteiger partial charge on any atom is -0.395 e. The summed E-state index contributed by atoms with van der Waals surface area (Å²) in [6.45, 7) is 2.60. The molecule has 0 bridgehead atoms. The van der Waals surface area contributed by atoms with Crippen molar-refractivity contribution < 1.29 is 13.5 Å². The lowest BCUT2D eigenvalue weighted by Crippen LogP contribution is -2.32. The maximum Gasteiger partial charge on any atom is 0.242 e. The third kappa shape index (κ3) is 3.26. The molecule has 2 rings (SSSR count). The summed E-state index contributed by atoms with van der Waals surface area (Å²) in [6, 6.07) is 7.31. The first-order valence-electron chi connectivity index (χ1n) is 6.56. The molecular weight excluding hydrogens is 264 g/mol. The monoisotopic (exact) mass is 284 g/mol. The lowest BCUT2D eigenvalue weighted by atomic mass is 10.2. The predicted molar refractivity (Wildman–Crippen MR) is 74.8 cm³/mol. The molecule has 0 aromatic heterocycles. The van der Waals surface area contributed by atoms with Gasteiger partial charge in [0.15, 0.2) is 0 Å². The second-order valence-electron chi connectivity index (χ2n) is 4.62. The van der Waals surface area contributed by atoms with Gasteiger partial charge < -0.3 is 10.0 Å². The minimum atomic E-state index is -3.48. The van der Waals surface area contributed by atoms with Crippen molar-refractivity contribution in [3.8, 4) is 0 Å². The molecule has 19 heavy (non-hydrogen) atoms. The van der Waals surface area contributed by atoms with E-state index < -0.39 is 10.0 Å². The van der Waals surface area contributed by atoms with E-state index in [4.69, 9.17) is 5.11 Å². The van der Waals surface area contributed by atoms with E-state index in [0.29, 0.717) is 24.8 Å². The zero-order valence-electron chi connectivity index (χ0n) is 11.0. The van der Waals surface area contributed by atoms with Gasteiger partial charge in [-0.2, -0.15) is 0 Å². The molecule has 0 unspecified atom stereocenters. The molecule has 6 heteroatoms. The second kappa shape index (κ2) is 5.90. The summed E-state index contributed by atoms with van der Waals surface area (Å²) in [5, 5.41) is 9.16. The molecule has 1 aliphatic carbocycles. The molecule has 0 radical (unpaired) electrons. The van der Waals surface area contributed by atoms with Crippen LogP contribution in [0, 0.1) is 0 Å². The van der Waals surface area contributed by atoms with Gasteiger partial charge >= 0.3 is 0 Å². The van der Waals surface area contributed by atoms with E-state index in [1.165, 1.54) is 0 Å². The van der Waals surface area contributed by atoms with Crippen LogP contribution < -0.4 is 9.62 Å². The number of para-hydroxylation sites is 1. The zero-order chi connectivity index (χ0) is 13.9. The van der Waals surface area contributed by atoms with Crippen LogP contribution in [-0.2, 0) is 10.0 Å². The summed E-state index contributed by atoms with van der Waals surface area (Å²) in [5.74, 6) is 0. The Kier molecular flexibility index (Phi) is 4.44. The van der Waals surface area contributed by atoms with Crippen LogP contribution in [0.15, 0.2) is 29.2 Å². The maximum absolute atomic E-state index is 12.2. The molecule has 1 fully saturated rings. The maximum atomic E-state index is 12.2. The number of nitrogens with one attached hydrogen (secondary N) is 1. The highest BCUT2D eigenvalue weighted by atomic mass is 32.2. The molecule has 0 heterocycles. The summed E-state index contributed by atoms with van der Waals surface area (Å²) in [4.78, 5) is 2.28. The number of hydrogen-bond acceptors (Lipinski definition) is 4. The van der Waals surface area contributed by atoms with Gasteiger partial charge in [-0.3, -0.25) is 0 Å². The zero-order valence-corrected chi connectivity index (χ0v) is 11.9. The number of anilines is 1.